The molecular formula is C24H22N2O4. The highest BCUT2D eigenvalue weighted by Crippen LogP contribution is 2.54. The van der Waals surface area contributed by atoms with E-state index >= 15 is 0 Å². The van der Waals surface area contributed by atoms with E-state index in [2.05, 4.69) is 0 Å². The van der Waals surface area contributed by atoms with E-state index in [0.29, 0.717) is 12.0 Å². The summed E-state index contributed by atoms with van der Waals surface area (Å²) < 4.78 is 5.95. The second-order valence-electron chi connectivity index (χ2n) is 8.50. The first kappa shape index (κ1) is 18.8. The minimum atomic E-state index is -0.422. The Balaban J connectivity index is 1.39. The Bertz CT molecular complexity index is 1080. The molecule has 5 unspecified atom stereocenters. The molecule has 2 amide bonds. The number of ether oxygens (including phenoxy) is 1. The molecule has 5 atom stereocenters. The van der Waals surface area contributed by atoms with Gasteiger partial charge < -0.3 is 4.74 Å². The molecule has 2 aromatic carbocycles. The molecule has 3 aliphatic carbocycles. The van der Waals surface area contributed by atoms with Crippen molar-refractivity contribution in [3.63, 3.8) is 0 Å². The molecule has 2 aromatic rings. The van der Waals surface area contributed by atoms with E-state index in [1.54, 1.807) is 6.07 Å². The molecule has 6 nitrogen and oxygen atoms in total. The van der Waals surface area contributed by atoms with Crippen LogP contribution in [0.25, 0.3) is 10.8 Å². The van der Waals surface area contributed by atoms with Crippen molar-refractivity contribution in [3.05, 3.63) is 48.0 Å². The molecule has 2 bridgehead atoms. The lowest BCUT2D eigenvalue weighted by molar-refractivity contribution is -0.140. The molecule has 4 fully saturated rings. The van der Waals surface area contributed by atoms with Crippen LogP contribution in [-0.2, 0) is 14.3 Å². The predicted molar refractivity (Wildman–Crippen MR) is 108 cm³/mol. The van der Waals surface area contributed by atoms with E-state index in [4.69, 9.17) is 10.00 Å². The Morgan fingerprint density at radius 2 is 1.83 bits per heavy atom. The number of hydrogen-bond acceptors (Lipinski definition) is 5. The summed E-state index contributed by atoms with van der Waals surface area (Å²) in [5.41, 5.74) is 0.524. The number of nitriles is 1. The summed E-state index contributed by atoms with van der Waals surface area (Å²) in [4.78, 5) is 40.1. The van der Waals surface area contributed by atoms with E-state index in [0.717, 1.165) is 23.6 Å². The summed E-state index contributed by atoms with van der Waals surface area (Å²) in [6.07, 6.45) is 2.06. The van der Waals surface area contributed by atoms with Crippen molar-refractivity contribution in [2.45, 2.75) is 31.8 Å². The van der Waals surface area contributed by atoms with Crippen LogP contribution in [0, 0.1) is 35.0 Å². The number of fused-ring (bicyclic) bond motifs is 3. The van der Waals surface area contributed by atoms with E-state index in [-0.39, 0.29) is 54.6 Å². The molecule has 1 aliphatic heterocycles. The van der Waals surface area contributed by atoms with Gasteiger partial charge in [0.2, 0.25) is 11.8 Å². The first-order valence-electron chi connectivity index (χ1n) is 10.5. The monoisotopic (exact) mass is 402 g/mol. The summed E-state index contributed by atoms with van der Waals surface area (Å²) in [7, 11) is 0. The minimum Gasteiger partial charge on any atom is -0.458 e. The van der Waals surface area contributed by atoms with Gasteiger partial charge in [-0.25, -0.2) is 4.79 Å². The third-order valence-electron chi connectivity index (χ3n) is 7.06. The number of imide groups is 1. The van der Waals surface area contributed by atoms with Crippen LogP contribution in [0.1, 0.15) is 36.0 Å². The van der Waals surface area contributed by atoms with Crippen LogP contribution < -0.4 is 0 Å². The lowest BCUT2D eigenvalue weighted by atomic mass is 9.58. The number of likely N-dealkylation sites (tertiary alicyclic amines) is 1. The lowest BCUT2D eigenvalue weighted by Crippen LogP contribution is -2.50. The van der Waals surface area contributed by atoms with Crippen LogP contribution in [0.5, 0.6) is 0 Å². The van der Waals surface area contributed by atoms with E-state index in [1.165, 1.54) is 4.90 Å². The van der Waals surface area contributed by atoms with Crippen LogP contribution >= 0.6 is 0 Å². The molecule has 30 heavy (non-hydrogen) atoms. The standard InChI is InChI=1S/C24H22N2O4/c25-11-4-12-26-22(27)20-15-9-10-18(21(20)23(26)28)19(13-15)30-24(29)17-8-3-6-14-5-1-2-7-16(14)17/h1-3,5-8,15,18-21H,4,9-10,12-13H2. The molecule has 0 aromatic heterocycles. The first-order chi connectivity index (χ1) is 14.6. The summed E-state index contributed by atoms with van der Waals surface area (Å²) in [6, 6.07) is 15.3. The zero-order valence-corrected chi connectivity index (χ0v) is 16.5. The maximum Gasteiger partial charge on any atom is 0.339 e. The maximum atomic E-state index is 13.0. The number of nitrogens with zero attached hydrogens (tertiary/aromatic N) is 2. The fraction of sp³-hybridized carbons (Fsp3) is 0.417. The molecule has 0 radical (unpaired) electrons. The summed E-state index contributed by atoms with van der Waals surface area (Å²) in [6.45, 7) is 0.154. The molecule has 1 saturated heterocycles. The van der Waals surface area contributed by atoms with Gasteiger partial charge >= 0.3 is 5.97 Å². The Morgan fingerprint density at radius 3 is 2.67 bits per heavy atom. The van der Waals surface area contributed by atoms with Crippen molar-refractivity contribution in [1.29, 1.82) is 5.26 Å². The van der Waals surface area contributed by atoms with Crippen LogP contribution in [0.2, 0.25) is 0 Å². The molecule has 3 saturated carbocycles. The maximum absolute atomic E-state index is 13.0. The molecule has 6 heteroatoms. The fourth-order valence-corrected chi connectivity index (χ4v) is 5.76. The summed E-state index contributed by atoms with van der Waals surface area (Å²) in [5.74, 6) is -1.54. The van der Waals surface area contributed by atoms with Gasteiger partial charge in [-0.1, -0.05) is 36.4 Å². The number of hydrogen-bond donors (Lipinski definition) is 0. The van der Waals surface area contributed by atoms with Crippen molar-refractivity contribution >= 4 is 28.6 Å². The largest absolute Gasteiger partial charge is 0.458 e. The quantitative estimate of drug-likeness (QED) is 0.578. The second-order valence-corrected chi connectivity index (χ2v) is 8.50. The zero-order chi connectivity index (χ0) is 20.8. The van der Waals surface area contributed by atoms with Crippen molar-refractivity contribution in [2.75, 3.05) is 6.54 Å². The average molecular weight is 402 g/mol. The van der Waals surface area contributed by atoms with Crippen LogP contribution in [0.3, 0.4) is 0 Å². The smallest absolute Gasteiger partial charge is 0.339 e. The van der Waals surface area contributed by atoms with Gasteiger partial charge in [-0.05, 0) is 42.0 Å². The van der Waals surface area contributed by atoms with Gasteiger partial charge in [0.05, 0.1) is 29.9 Å². The highest BCUT2D eigenvalue weighted by Gasteiger charge is 2.61. The molecule has 1 heterocycles. The van der Waals surface area contributed by atoms with Gasteiger partial charge in [0.15, 0.2) is 0 Å². The topological polar surface area (TPSA) is 87.5 Å². The Hall–Kier alpha value is -3.20. The summed E-state index contributed by atoms with van der Waals surface area (Å²) >= 11 is 0. The van der Waals surface area contributed by atoms with Crippen LogP contribution in [0.4, 0.5) is 0 Å². The number of amides is 2. The number of carbonyl (C=O) groups is 3. The number of rotatable bonds is 4. The van der Waals surface area contributed by atoms with Crippen LogP contribution in [-0.4, -0.2) is 35.3 Å². The van der Waals surface area contributed by atoms with E-state index in [1.807, 2.05) is 42.5 Å². The van der Waals surface area contributed by atoms with Gasteiger partial charge in [0, 0.05) is 12.5 Å². The number of carbonyl (C=O) groups excluding carboxylic acids is 3. The number of esters is 1. The normalized spacial score (nSPS) is 29.7. The third kappa shape index (κ3) is 2.80. The summed E-state index contributed by atoms with van der Waals surface area (Å²) in [5, 5.41) is 10.7. The van der Waals surface area contributed by atoms with Crippen molar-refractivity contribution in [3.8, 4) is 6.07 Å². The predicted octanol–water partition coefficient (Wildman–Crippen LogP) is 3.31. The molecular weight excluding hydrogens is 380 g/mol. The molecule has 152 valence electrons. The highest BCUT2D eigenvalue weighted by molar-refractivity contribution is 6.06. The number of benzene rings is 2. The van der Waals surface area contributed by atoms with Crippen LogP contribution in [0.15, 0.2) is 42.5 Å². The second kappa shape index (κ2) is 7.24. The Morgan fingerprint density at radius 1 is 1.07 bits per heavy atom. The highest BCUT2D eigenvalue weighted by atomic mass is 16.5. The van der Waals surface area contributed by atoms with Crippen molar-refractivity contribution < 1.29 is 19.1 Å². The van der Waals surface area contributed by atoms with Gasteiger partial charge in [-0.15, -0.1) is 0 Å². The first-order valence-corrected chi connectivity index (χ1v) is 10.5. The van der Waals surface area contributed by atoms with Gasteiger partial charge in [-0.3, -0.25) is 14.5 Å². The Kier molecular flexibility index (Phi) is 4.54. The van der Waals surface area contributed by atoms with Crippen molar-refractivity contribution in [2.24, 2.45) is 23.7 Å². The molecule has 0 spiro atoms. The van der Waals surface area contributed by atoms with Gasteiger partial charge in [0.25, 0.3) is 0 Å². The fourth-order valence-electron chi connectivity index (χ4n) is 5.76. The van der Waals surface area contributed by atoms with Gasteiger partial charge in [0.1, 0.15) is 6.10 Å². The SMILES string of the molecule is N#CCCN1C(=O)C2C3CCC(C(OC(=O)c4cccc5ccccc45)C3)C2C1=O. The van der Waals surface area contributed by atoms with E-state index in [9.17, 15) is 14.4 Å². The Labute approximate surface area is 174 Å². The third-order valence-corrected chi connectivity index (χ3v) is 7.06. The molecule has 4 aliphatic rings. The average Bonchev–Trinajstić information content (AvgIpc) is 3.04. The zero-order valence-electron chi connectivity index (χ0n) is 16.5. The minimum absolute atomic E-state index is 0.0499. The van der Waals surface area contributed by atoms with Gasteiger partial charge in [-0.2, -0.15) is 5.26 Å². The molecule has 6 rings (SSSR count). The molecule has 0 N–H and O–H groups in total. The lowest BCUT2D eigenvalue weighted by Gasteiger charge is -2.47. The van der Waals surface area contributed by atoms with E-state index < -0.39 is 5.92 Å². The van der Waals surface area contributed by atoms with Crippen molar-refractivity contribution in [1.82, 2.24) is 4.90 Å².